The van der Waals surface area contributed by atoms with E-state index in [0.717, 1.165) is 38.1 Å². The highest BCUT2D eigenvalue weighted by atomic mass is 19.1. The maximum absolute atomic E-state index is 13.1. The fraction of sp³-hybridized carbons (Fsp3) is 0.600. The second kappa shape index (κ2) is 7.58. The minimum absolute atomic E-state index is 0.0244. The van der Waals surface area contributed by atoms with Crippen LogP contribution in [0.25, 0.3) is 0 Å². The first-order valence-electron chi connectivity index (χ1n) is 6.94. The van der Waals surface area contributed by atoms with Gasteiger partial charge in [-0.1, -0.05) is 12.1 Å². The lowest BCUT2D eigenvalue weighted by atomic mass is 10.1. The van der Waals surface area contributed by atoms with E-state index in [1.54, 1.807) is 13.0 Å². The Morgan fingerprint density at radius 1 is 1.42 bits per heavy atom. The Bertz CT molecular complexity index is 392. The number of aryl methyl sites for hydroxylation is 1. The molecule has 1 aromatic carbocycles. The molecule has 1 aliphatic rings. The summed E-state index contributed by atoms with van der Waals surface area (Å²) in [7, 11) is 0. The van der Waals surface area contributed by atoms with Gasteiger partial charge in [0.15, 0.2) is 6.29 Å². The van der Waals surface area contributed by atoms with Crippen LogP contribution < -0.4 is 5.32 Å². The van der Waals surface area contributed by atoms with Gasteiger partial charge in [0.25, 0.3) is 0 Å². The summed E-state index contributed by atoms with van der Waals surface area (Å²) in [5, 5.41) is 3.28. The molecule has 0 bridgehead atoms. The van der Waals surface area contributed by atoms with Gasteiger partial charge in [-0.05, 0) is 43.4 Å². The van der Waals surface area contributed by atoms with E-state index in [1.165, 1.54) is 12.5 Å². The molecule has 0 saturated carbocycles. The molecule has 1 aliphatic heterocycles. The third-order valence-corrected chi connectivity index (χ3v) is 3.27. The zero-order chi connectivity index (χ0) is 13.5. The first-order chi connectivity index (χ1) is 9.25. The van der Waals surface area contributed by atoms with Gasteiger partial charge in [-0.15, -0.1) is 0 Å². The SMILES string of the molecule is Cc1cc(CNCCOC2CCCCO2)ccc1F. The second-order valence-electron chi connectivity index (χ2n) is 4.93. The molecule has 1 saturated heterocycles. The van der Waals surface area contributed by atoms with Crippen LogP contribution in [0.1, 0.15) is 30.4 Å². The zero-order valence-electron chi connectivity index (χ0n) is 11.5. The lowest BCUT2D eigenvalue weighted by Crippen LogP contribution is -2.27. The Hall–Kier alpha value is -0.970. The number of nitrogens with one attached hydrogen (secondary N) is 1. The summed E-state index contributed by atoms with van der Waals surface area (Å²) in [5.74, 6) is -0.151. The quantitative estimate of drug-likeness (QED) is 0.804. The molecular formula is C15H22FNO2. The molecule has 0 aromatic heterocycles. The molecule has 1 aromatic rings. The number of hydrogen-bond acceptors (Lipinski definition) is 3. The molecule has 0 radical (unpaired) electrons. The molecule has 0 aliphatic carbocycles. The smallest absolute Gasteiger partial charge is 0.157 e. The summed E-state index contributed by atoms with van der Waals surface area (Å²) in [5.41, 5.74) is 1.78. The predicted molar refractivity (Wildman–Crippen MR) is 72.4 cm³/mol. The van der Waals surface area contributed by atoms with Crippen molar-refractivity contribution in [1.82, 2.24) is 5.32 Å². The van der Waals surface area contributed by atoms with Crippen molar-refractivity contribution in [2.45, 2.75) is 39.0 Å². The maximum atomic E-state index is 13.1. The zero-order valence-corrected chi connectivity index (χ0v) is 11.5. The molecule has 2 rings (SSSR count). The van der Waals surface area contributed by atoms with E-state index in [-0.39, 0.29) is 12.1 Å². The van der Waals surface area contributed by atoms with Gasteiger partial charge >= 0.3 is 0 Å². The molecule has 1 fully saturated rings. The van der Waals surface area contributed by atoms with E-state index in [1.807, 2.05) is 6.07 Å². The van der Waals surface area contributed by atoms with Crippen LogP contribution >= 0.6 is 0 Å². The van der Waals surface area contributed by atoms with Crippen LogP contribution in [0.15, 0.2) is 18.2 Å². The van der Waals surface area contributed by atoms with Crippen molar-refractivity contribution in [3.05, 3.63) is 35.1 Å². The van der Waals surface area contributed by atoms with Gasteiger partial charge < -0.3 is 14.8 Å². The van der Waals surface area contributed by atoms with Gasteiger partial charge in [0.1, 0.15) is 5.82 Å². The van der Waals surface area contributed by atoms with E-state index in [2.05, 4.69) is 5.32 Å². The number of rotatable bonds is 6. The van der Waals surface area contributed by atoms with Gasteiger partial charge in [-0.3, -0.25) is 0 Å². The highest BCUT2D eigenvalue weighted by molar-refractivity contribution is 5.23. The van der Waals surface area contributed by atoms with Gasteiger partial charge in [0, 0.05) is 19.7 Å². The summed E-state index contributed by atoms with van der Waals surface area (Å²) in [6, 6.07) is 5.19. The molecule has 1 N–H and O–H groups in total. The molecule has 0 amide bonds. The minimum Gasteiger partial charge on any atom is -0.353 e. The summed E-state index contributed by atoms with van der Waals surface area (Å²) in [4.78, 5) is 0. The lowest BCUT2D eigenvalue weighted by molar-refractivity contribution is -0.161. The third kappa shape index (κ3) is 4.90. The van der Waals surface area contributed by atoms with Crippen molar-refractivity contribution in [3.8, 4) is 0 Å². The van der Waals surface area contributed by atoms with Crippen molar-refractivity contribution >= 4 is 0 Å². The van der Waals surface area contributed by atoms with Crippen LogP contribution in [0, 0.1) is 12.7 Å². The van der Waals surface area contributed by atoms with E-state index >= 15 is 0 Å². The molecule has 1 atom stereocenters. The van der Waals surface area contributed by atoms with Crippen LogP contribution in [0.3, 0.4) is 0 Å². The standard InChI is InChI=1S/C15H22FNO2/c1-12-10-13(5-6-14(12)16)11-17-7-9-19-15-4-2-3-8-18-15/h5-6,10,15,17H,2-4,7-9,11H2,1H3. The van der Waals surface area contributed by atoms with Gasteiger partial charge in [0.05, 0.1) is 6.61 Å². The Labute approximate surface area is 114 Å². The van der Waals surface area contributed by atoms with Crippen LogP contribution in [-0.2, 0) is 16.0 Å². The molecule has 1 heterocycles. The van der Waals surface area contributed by atoms with Gasteiger partial charge in [0.2, 0.25) is 0 Å². The van der Waals surface area contributed by atoms with Crippen molar-refractivity contribution in [3.63, 3.8) is 0 Å². The van der Waals surface area contributed by atoms with Crippen molar-refractivity contribution < 1.29 is 13.9 Å². The number of ether oxygens (including phenoxy) is 2. The molecule has 3 nitrogen and oxygen atoms in total. The Kier molecular flexibility index (Phi) is 5.76. The van der Waals surface area contributed by atoms with E-state index in [9.17, 15) is 4.39 Å². The van der Waals surface area contributed by atoms with Crippen molar-refractivity contribution in [2.24, 2.45) is 0 Å². The largest absolute Gasteiger partial charge is 0.353 e. The van der Waals surface area contributed by atoms with Crippen LogP contribution in [0.2, 0.25) is 0 Å². The highest BCUT2D eigenvalue weighted by Crippen LogP contribution is 2.13. The maximum Gasteiger partial charge on any atom is 0.157 e. The average molecular weight is 267 g/mol. The first-order valence-corrected chi connectivity index (χ1v) is 6.94. The van der Waals surface area contributed by atoms with E-state index in [4.69, 9.17) is 9.47 Å². The number of halogens is 1. The first kappa shape index (κ1) is 14.4. The molecule has 19 heavy (non-hydrogen) atoms. The molecule has 0 spiro atoms. The second-order valence-corrected chi connectivity index (χ2v) is 4.93. The fourth-order valence-electron chi connectivity index (χ4n) is 2.15. The van der Waals surface area contributed by atoms with Crippen molar-refractivity contribution in [2.75, 3.05) is 19.8 Å². The summed E-state index contributed by atoms with van der Waals surface area (Å²) < 4.78 is 24.2. The van der Waals surface area contributed by atoms with Crippen molar-refractivity contribution in [1.29, 1.82) is 0 Å². The lowest BCUT2D eigenvalue weighted by Gasteiger charge is -2.22. The highest BCUT2D eigenvalue weighted by Gasteiger charge is 2.13. The molecular weight excluding hydrogens is 245 g/mol. The van der Waals surface area contributed by atoms with Crippen LogP contribution in [-0.4, -0.2) is 26.0 Å². The van der Waals surface area contributed by atoms with Crippen LogP contribution in [0.4, 0.5) is 4.39 Å². The summed E-state index contributed by atoms with van der Waals surface area (Å²) >= 11 is 0. The fourth-order valence-corrected chi connectivity index (χ4v) is 2.15. The van der Waals surface area contributed by atoms with Gasteiger partial charge in [-0.25, -0.2) is 4.39 Å². The predicted octanol–water partition coefficient (Wildman–Crippen LogP) is 2.77. The molecule has 106 valence electrons. The monoisotopic (exact) mass is 267 g/mol. The summed E-state index contributed by atoms with van der Waals surface area (Å²) in [6.45, 7) is 4.74. The normalized spacial score (nSPS) is 19.6. The van der Waals surface area contributed by atoms with E-state index in [0.29, 0.717) is 12.2 Å². The van der Waals surface area contributed by atoms with E-state index < -0.39 is 0 Å². The minimum atomic E-state index is -0.151. The van der Waals surface area contributed by atoms with Gasteiger partial charge in [-0.2, -0.15) is 0 Å². The Morgan fingerprint density at radius 2 is 2.32 bits per heavy atom. The molecule has 4 heteroatoms. The van der Waals surface area contributed by atoms with Crippen LogP contribution in [0.5, 0.6) is 0 Å². The summed E-state index contributed by atoms with van der Waals surface area (Å²) in [6.07, 6.45) is 3.30. The Morgan fingerprint density at radius 3 is 3.05 bits per heavy atom. The Balaban J connectivity index is 1.59. The topological polar surface area (TPSA) is 30.5 Å². The number of hydrogen-bond donors (Lipinski definition) is 1. The third-order valence-electron chi connectivity index (χ3n) is 3.27. The molecule has 1 unspecified atom stereocenters. The number of benzene rings is 1. The average Bonchev–Trinajstić information content (AvgIpc) is 2.43.